The number of carboxylic acid groups (broad SMARTS) is 1. The van der Waals surface area contributed by atoms with Crippen molar-refractivity contribution in [1.29, 1.82) is 0 Å². The number of carboxylic acids is 1. The second-order valence-electron chi connectivity index (χ2n) is 2.78. The van der Waals surface area contributed by atoms with Crippen molar-refractivity contribution in [1.82, 2.24) is 5.32 Å². The molecule has 86 valence electrons. The minimum atomic E-state index is -1.13. The van der Waals surface area contributed by atoms with Crippen LogP contribution in [0.4, 0.5) is 4.79 Å². The normalized spacial score (nSPS) is 13.8. The van der Waals surface area contributed by atoms with Gasteiger partial charge in [0.15, 0.2) is 0 Å². The molecule has 0 aliphatic heterocycles. The van der Waals surface area contributed by atoms with Crippen molar-refractivity contribution in [3.05, 3.63) is 0 Å². The molecule has 0 heterocycles. The number of aliphatic carboxylic acids is 1. The smallest absolute Gasteiger partial charge is 0.367 e. The third-order valence-corrected chi connectivity index (χ3v) is 2.46. The summed E-state index contributed by atoms with van der Waals surface area (Å²) in [5, 5.41) is 9.51. The van der Waals surface area contributed by atoms with Gasteiger partial charge in [0, 0.05) is 0 Å². The molecule has 0 aliphatic rings. The van der Waals surface area contributed by atoms with Gasteiger partial charge in [0.25, 0.3) is 0 Å². The van der Waals surface area contributed by atoms with Gasteiger partial charge in [-0.25, -0.2) is 4.79 Å². The van der Waals surface area contributed by atoms with E-state index in [2.05, 4.69) is 10.1 Å². The fourth-order valence-electron chi connectivity index (χ4n) is 0.638. The van der Waals surface area contributed by atoms with Crippen molar-refractivity contribution < 1.29 is 24.2 Å². The molecule has 2 atom stereocenters. The first-order valence-electron chi connectivity index (χ1n) is 4.16. The lowest BCUT2D eigenvalue weighted by Gasteiger charge is -2.12. The highest BCUT2D eigenvalue weighted by Gasteiger charge is 2.21. The molecule has 0 fully saturated rings. The molecule has 0 spiro atoms. The topological polar surface area (TPSA) is 92.7 Å². The first kappa shape index (κ1) is 13.8. The maximum Gasteiger partial charge on any atom is 0.367 e. The maximum absolute atomic E-state index is 11.3. The van der Waals surface area contributed by atoms with Gasteiger partial charge in [-0.05, 0) is 25.6 Å². The van der Waals surface area contributed by atoms with E-state index in [1.807, 2.05) is 0 Å². The van der Waals surface area contributed by atoms with Crippen molar-refractivity contribution in [2.75, 3.05) is 7.11 Å². The number of rotatable bonds is 4. The van der Waals surface area contributed by atoms with Gasteiger partial charge in [-0.15, -0.1) is 0 Å². The molecule has 0 aromatic rings. The lowest BCUT2D eigenvalue weighted by Crippen LogP contribution is -2.42. The SMILES string of the molecule is COC(=O)SC(C)C(=O)N[C@@H](C)C(=O)O. The quantitative estimate of drug-likeness (QED) is 0.688. The molecule has 0 radical (unpaired) electrons. The van der Waals surface area contributed by atoms with Gasteiger partial charge in [-0.3, -0.25) is 9.59 Å². The summed E-state index contributed by atoms with van der Waals surface area (Å²) in [6.45, 7) is 2.83. The summed E-state index contributed by atoms with van der Waals surface area (Å²) in [6, 6.07) is -0.974. The van der Waals surface area contributed by atoms with Gasteiger partial charge in [0.1, 0.15) is 6.04 Å². The summed E-state index contributed by atoms with van der Waals surface area (Å²) in [4.78, 5) is 32.5. The van der Waals surface area contributed by atoms with E-state index in [9.17, 15) is 14.4 Å². The number of carbonyl (C=O) groups is 3. The zero-order valence-electron chi connectivity index (χ0n) is 8.64. The number of thioether (sulfide) groups is 1. The number of amides is 1. The second-order valence-corrected chi connectivity index (χ2v) is 4.06. The van der Waals surface area contributed by atoms with E-state index >= 15 is 0 Å². The van der Waals surface area contributed by atoms with Crippen molar-refractivity contribution in [2.24, 2.45) is 0 Å². The second kappa shape index (κ2) is 6.28. The first-order valence-corrected chi connectivity index (χ1v) is 5.04. The monoisotopic (exact) mass is 235 g/mol. The van der Waals surface area contributed by atoms with Crippen LogP contribution in [0, 0.1) is 0 Å². The van der Waals surface area contributed by atoms with Gasteiger partial charge in [0.2, 0.25) is 5.91 Å². The summed E-state index contributed by atoms with van der Waals surface area (Å²) in [7, 11) is 1.21. The van der Waals surface area contributed by atoms with Gasteiger partial charge in [-0.2, -0.15) is 0 Å². The molecular weight excluding hydrogens is 222 g/mol. The van der Waals surface area contributed by atoms with Crippen LogP contribution in [0.5, 0.6) is 0 Å². The average Bonchev–Trinajstić information content (AvgIpc) is 2.16. The zero-order chi connectivity index (χ0) is 12.0. The average molecular weight is 235 g/mol. The van der Waals surface area contributed by atoms with Gasteiger partial charge >= 0.3 is 11.3 Å². The highest BCUT2D eigenvalue weighted by atomic mass is 32.2. The third-order valence-electron chi connectivity index (χ3n) is 1.54. The number of ether oxygens (including phenoxy) is 1. The van der Waals surface area contributed by atoms with Gasteiger partial charge in [-0.1, -0.05) is 0 Å². The first-order chi connectivity index (χ1) is 6.88. The van der Waals surface area contributed by atoms with Crippen LogP contribution in [0.2, 0.25) is 0 Å². The Labute approximate surface area is 91.4 Å². The molecule has 1 unspecified atom stereocenters. The van der Waals surface area contributed by atoms with Gasteiger partial charge < -0.3 is 15.2 Å². The van der Waals surface area contributed by atoms with E-state index in [0.29, 0.717) is 11.8 Å². The van der Waals surface area contributed by atoms with Crippen LogP contribution < -0.4 is 5.32 Å². The summed E-state index contributed by atoms with van der Waals surface area (Å²) in [5.41, 5.74) is 0. The summed E-state index contributed by atoms with van der Waals surface area (Å²) in [6.07, 6.45) is 0. The molecule has 0 aromatic carbocycles. The molecule has 0 rings (SSSR count). The fraction of sp³-hybridized carbons (Fsp3) is 0.625. The van der Waals surface area contributed by atoms with Crippen molar-refractivity contribution in [2.45, 2.75) is 25.1 Å². The standard InChI is InChI=1S/C8H13NO5S/c1-4(7(11)12)9-6(10)5(2)15-8(13)14-3/h4-5H,1-3H3,(H,9,10)(H,11,12)/t4-,5?/m0/s1. The highest BCUT2D eigenvalue weighted by molar-refractivity contribution is 8.14. The summed E-state index contributed by atoms with van der Waals surface area (Å²) >= 11 is 0.695. The van der Waals surface area contributed by atoms with Gasteiger partial charge in [0.05, 0.1) is 12.4 Å². The molecule has 0 bridgehead atoms. The van der Waals surface area contributed by atoms with E-state index in [1.54, 1.807) is 0 Å². The molecule has 7 heteroatoms. The van der Waals surface area contributed by atoms with Crippen LogP contribution in [-0.2, 0) is 14.3 Å². The molecule has 2 N–H and O–H groups in total. The summed E-state index contributed by atoms with van der Waals surface area (Å²) in [5.74, 6) is -1.64. The maximum atomic E-state index is 11.3. The molecule has 0 aromatic heterocycles. The highest BCUT2D eigenvalue weighted by Crippen LogP contribution is 2.13. The fourth-order valence-corrected chi connectivity index (χ4v) is 1.20. The van der Waals surface area contributed by atoms with E-state index in [4.69, 9.17) is 5.11 Å². The Morgan fingerprint density at radius 2 is 1.87 bits per heavy atom. The molecule has 6 nitrogen and oxygen atoms in total. The molecular formula is C8H13NO5S. The number of methoxy groups -OCH3 is 1. The van der Waals surface area contributed by atoms with Crippen LogP contribution in [0.1, 0.15) is 13.8 Å². The zero-order valence-corrected chi connectivity index (χ0v) is 9.46. The molecule has 15 heavy (non-hydrogen) atoms. The minimum absolute atomic E-state index is 0.514. The van der Waals surface area contributed by atoms with E-state index in [1.165, 1.54) is 21.0 Å². The van der Waals surface area contributed by atoms with E-state index in [0.717, 1.165) is 0 Å². The Balaban J connectivity index is 4.10. The van der Waals surface area contributed by atoms with Crippen molar-refractivity contribution in [3.8, 4) is 0 Å². The largest absolute Gasteiger partial charge is 0.480 e. The van der Waals surface area contributed by atoms with Crippen LogP contribution in [0.15, 0.2) is 0 Å². The minimum Gasteiger partial charge on any atom is -0.480 e. The van der Waals surface area contributed by atoms with E-state index in [-0.39, 0.29) is 0 Å². The Morgan fingerprint density at radius 1 is 1.33 bits per heavy atom. The van der Waals surface area contributed by atoms with Crippen molar-refractivity contribution >= 4 is 28.9 Å². The number of carbonyl (C=O) groups excluding carboxylic acids is 2. The number of hydrogen-bond donors (Lipinski definition) is 2. The Morgan fingerprint density at radius 3 is 2.27 bits per heavy atom. The Bertz CT molecular complexity index is 268. The third kappa shape index (κ3) is 5.26. The Kier molecular flexibility index (Phi) is 5.76. The predicted octanol–water partition coefficient (Wildman–Crippen LogP) is 0.464. The molecule has 0 aliphatic carbocycles. The predicted molar refractivity (Wildman–Crippen MR) is 54.7 cm³/mol. The lowest BCUT2D eigenvalue weighted by atomic mass is 10.3. The molecule has 0 saturated heterocycles. The number of hydrogen-bond acceptors (Lipinski definition) is 5. The Hall–Kier alpha value is -1.24. The van der Waals surface area contributed by atoms with Crippen LogP contribution >= 0.6 is 11.8 Å². The van der Waals surface area contributed by atoms with Crippen LogP contribution in [0.3, 0.4) is 0 Å². The molecule has 0 saturated carbocycles. The van der Waals surface area contributed by atoms with Crippen LogP contribution in [0.25, 0.3) is 0 Å². The van der Waals surface area contributed by atoms with Crippen LogP contribution in [-0.4, -0.2) is 40.7 Å². The summed E-state index contributed by atoms with van der Waals surface area (Å²) < 4.78 is 4.35. The lowest BCUT2D eigenvalue weighted by molar-refractivity contribution is -0.141. The van der Waals surface area contributed by atoms with E-state index < -0.39 is 28.5 Å². The molecule has 1 amide bonds. The number of nitrogens with one attached hydrogen (secondary N) is 1. The van der Waals surface area contributed by atoms with Crippen molar-refractivity contribution in [3.63, 3.8) is 0 Å².